The van der Waals surface area contributed by atoms with Crippen LogP contribution >= 0.6 is 0 Å². The van der Waals surface area contributed by atoms with E-state index in [9.17, 15) is 28.8 Å². The van der Waals surface area contributed by atoms with Gasteiger partial charge >= 0.3 is 12.0 Å². The number of nitrogens with two attached hydrogens (primary N) is 1. The van der Waals surface area contributed by atoms with Crippen LogP contribution in [0.4, 0.5) is 4.79 Å². The average Bonchev–Trinajstić information content (AvgIpc) is 3.85. The number of carbonyl (C=O) groups excluding carboxylic acids is 6. The van der Waals surface area contributed by atoms with Crippen LogP contribution in [0.5, 0.6) is 0 Å². The van der Waals surface area contributed by atoms with E-state index < -0.39 is 65.1 Å². The number of ether oxygens (including phenoxy) is 1. The zero-order chi connectivity index (χ0) is 33.9. The van der Waals surface area contributed by atoms with Gasteiger partial charge in [-0.25, -0.2) is 9.59 Å². The van der Waals surface area contributed by atoms with E-state index in [0.29, 0.717) is 31.8 Å². The highest BCUT2D eigenvalue weighted by Crippen LogP contribution is 2.36. The van der Waals surface area contributed by atoms with Crippen molar-refractivity contribution in [1.29, 1.82) is 0 Å². The lowest BCUT2D eigenvalue weighted by atomic mass is 9.84. The predicted octanol–water partition coefficient (Wildman–Crippen LogP) is 2.67. The first-order valence-electron chi connectivity index (χ1n) is 16.5. The quantitative estimate of drug-likeness (QED) is 0.168. The SMILES string of the molecule is CC(C)[C@H]1CCN(C(=O)[C@@H](NC(=O)N[C@@H](CC(C)(C)C)C(=O)OCC2CC2)C(C)(C)C)[C@@H]1C(=O)NC(CC1CC1)C(=O)C(N)=O. The largest absolute Gasteiger partial charge is 0.464 e. The lowest BCUT2D eigenvalue weighted by Gasteiger charge is -2.37. The maximum absolute atomic E-state index is 14.2. The molecular formula is C33H55N5O7. The van der Waals surface area contributed by atoms with Crippen molar-refractivity contribution in [2.75, 3.05) is 13.2 Å². The summed E-state index contributed by atoms with van der Waals surface area (Å²) in [5.41, 5.74) is 4.24. The topological polar surface area (TPSA) is 177 Å². The second-order valence-electron chi connectivity index (χ2n) is 15.9. The molecule has 3 fully saturated rings. The van der Waals surface area contributed by atoms with Gasteiger partial charge in [0.05, 0.1) is 12.6 Å². The zero-order valence-electron chi connectivity index (χ0n) is 28.4. The highest BCUT2D eigenvalue weighted by molar-refractivity contribution is 6.37. The number of urea groups is 1. The Bertz CT molecular complexity index is 1130. The number of hydrogen-bond acceptors (Lipinski definition) is 7. The van der Waals surface area contributed by atoms with Crippen molar-refractivity contribution in [3.05, 3.63) is 0 Å². The molecule has 0 aromatic heterocycles. The number of nitrogens with zero attached hydrogens (tertiary/aromatic N) is 1. The third-order valence-corrected chi connectivity index (χ3v) is 8.95. The summed E-state index contributed by atoms with van der Waals surface area (Å²) in [5, 5.41) is 8.29. The molecule has 12 nitrogen and oxygen atoms in total. The van der Waals surface area contributed by atoms with Gasteiger partial charge in [0.1, 0.15) is 18.1 Å². The molecule has 12 heteroatoms. The number of esters is 1. The van der Waals surface area contributed by atoms with Crippen LogP contribution in [0.2, 0.25) is 0 Å². The van der Waals surface area contributed by atoms with Gasteiger partial charge in [-0.15, -0.1) is 0 Å². The van der Waals surface area contributed by atoms with Gasteiger partial charge in [0, 0.05) is 6.54 Å². The fourth-order valence-electron chi connectivity index (χ4n) is 5.98. The molecule has 5 atom stereocenters. The van der Waals surface area contributed by atoms with Crippen molar-refractivity contribution in [3.63, 3.8) is 0 Å². The molecule has 3 aliphatic rings. The van der Waals surface area contributed by atoms with E-state index in [1.165, 1.54) is 4.90 Å². The van der Waals surface area contributed by atoms with Crippen molar-refractivity contribution in [2.24, 2.45) is 40.2 Å². The minimum absolute atomic E-state index is 0.0384. The van der Waals surface area contributed by atoms with E-state index in [4.69, 9.17) is 10.5 Å². The van der Waals surface area contributed by atoms with Gasteiger partial charge in [-0.05, 0) is 66.6 Å². The van der Waals surface area contributed by atoms with E-state index >= 15 is 0 Å². The van der Waals surface area contributed by atoms with Crippen LogP contribution < -0.4 is 21.7 Å². The summed E-state index contributed by atoms with van der Waals surface area (Å²) >= 11 is 0. The van der Waals surface area contributed by atoms with Gasteiger partial charge < -0.3 is 31.3 Å². The molecule has 5 amide bonds. The predicted molar refractivity (Wildman–Crippen MR) is 168 cm³/mol. The summed E-state index contributed by atoms with van der Waals surface area (Å²) in [5.74, 6) is -2.97. The second kappa shape index (κ2) is 14.5. The lowest BCUT2D eigenvalue weighted by Crippen LogP contribution is -2.61. The Kier molecular flexibility index (Phi) is 11.7. The van der Waals surface area contributed by atoms with Crippen LogP contribution in [0.25, 0.3) is 0 Å². The third-order valence-electron chi connectivity index (χ3n) is 8.95. The Balaban J connectivity index is 1.79. The van der Waals surface area contributed by atoms with Gasteiger partial charge in [0.15, 0.2) is 0 Å². The molecule has 0 bridgehead atoms. The monoisotopic (exact) mass is 633 g/mol. The first-order chi connectivity index (χ1) is 20.8. The molecule has 2 saturated carbocycles. The first kappa shape index (κ1) is 36.3. The first-order valence-corrected chi connectivity index (χ1v) is 16.5. The minimum Gasteiger partial charge on any atom is -0.464 e. The maximum atomic E-state index is 14.2. The van der Waals surface area contributed by atoms with Gasteiger partial charge in [-0.3, -0.25) is 19.2 Å². The molecule has 3 rings (SSSR count). The maximum Gasteiger partial charge on any atom is 0.328 e. The number of ketones is 1. The van der Waals surface area contributed by atoms with Gasteiger partial charge in [0.2, 0.25) is 17.6 Å². The fraction of sp³-hybridized carbons (Fsp3) is 0.818. The van der Waals surface area contributed by atoms with Crippen LogP contribution in [0.1, 0.15) is 100 Å². The summed E-state index contributed by atoms with van der Waals surface area (Å²) in [6.45, 7) is 15.9. The molecule has 254 valence electrons. The number of hydrogen-bond donors (Lipinski definition) is 4. The normalized spacial score (nSPS) is 22.3. The molecule has 1 unspecified atom stereocenters. The summed E-state index contributed by atoms with van der Waals surface area (Å²) in [4.78, 5) is 80.2. The van der Waals surface area contributed by atoms with Gasteiger partial charge in [-0.1, -0.05) is 68.2 Å². The summed E-state index contributed by atoms with van der Waals surface area (Å²) in [7, 11) is 0. The zero-order valence-corrected chi connectivity index (χ0v) is 28.4. The number of primary amides is 1. The van der Waals surface area contributed by atoms with E-state index in [2.05, 4.69) is 16.0 Å². The van der Waals surface area contributed by atoms with E-state index in [1.807, 2.05) is 55.4 Å². The van der Waals surface area contributed by atoms with Gasteiger partial charge in [0.25, 0.3) is 5.91 Å². The number of rotatable bonds is 14. The molecule has 1 saturated heterocycles. The van der Waals surface area contributed by atoms with Crippen molar-refractivity contribution in [2.45, 2.75) is 125 Å². The highest BCUT2D eigenvalue weighted by atomic mass is 16.5. The smallest absolute Gasteiger partial charge is 0.328 e. The Labute approximate surface area is 267 Å². The van der Waals surface area contributed by atoms with Crippen LogP contribution in [-0.4, -0.2) is 77.7 Å². The molecule has 45 heavy (non-hydrogen) atoms. The summed E-state index contributed by atoms with van der Waals surface area (Å²) in [6.07, 6.45) is 5.10. The van der Waals surface area contributed by atoms with Crippen molar-refractivity contribution in [3.8, 4) is 0 Å². The average molecular weight is 634 g/mol. The number of amides is 5. The molecule has 5 N–H and O–H groups in total. The molecule has 0 radical (unpaired) electrons. The van der Waals surface area contributed by atoms with E-state index in [1.54, 1.807) is 0 Å². The molecule has 0 aromatic rings. The minimum atomic E-state index is -1.11. The number of likely N-dealkylation sites (tertiary alicyclic amines) is 1. The number of carbonyl (C=O) groups is 6. The lowest BCUT2D eigenvalue weighted by molar-refractivity contribution is -0.147. The van der Waals surface area contributed by atoms with E-state index in [0.717, 1.165) is 25.7 Å². The van der Waals surface area contributed by atoms with Crippen molar-refractivity contribution in [1.82, 2.24) is 20.9 Å². The Morgan fingerprint density at radius 2 is 1.44 bits per heavy atom. The fourth-order valence-corrected chi connectivity index (χ4v) is 5.98. The molecule has 1 aliphatic heterocycles. The molecule has 0 aromatic carbocycles. The Morgan fingerprint density at radius 1 is 0.844 bits per heavy atom. The standard InChI is InChI=1S/C33H55N5O7/c1-18(2)21-13-14-38(24(21)28(41)35-22(15-19-9-10-19)25(39)27(34)40)29(42)26(33(6,7)8)37-31(44)36-23(16-32(3,4)5)30(43)45-17-20-11-12-20/h18-24,26H,9-17H2,1-8H3,(H2,34,40)(H,35,41)(H2,36,37,44)/t21-,22?,23+,24+,26-/m1/s1. The molecular weight excluding hydrogens is 578 g/mol. The van der Waals surface area contributed by atoms with E-state index in [-0.39, 0.29) is 29.7 Å². The second-order valence-corrected chi connectivity index (χ2v) is 15.9. The van der Waals surface area contributed by atoms with Crippen molar-refractivity contribution >= 4 is 35.5 Å². The number of Topliss-reactive ketones (excluding diaryl/α,β-unsaturated/α-hetero) is 1. The van der Waals surface area contributed by atoms with Crippen LogP contribution in [0.15, 0.2) is 0 Å². The van der Waals surface area contributed by atoms with Crippen LogP contribution in [0, 0.1) is 34.5 Å². The Hall–Kier alpha value is -3.18. The third kappa shape index (κ3) is 10.7. The highest BCUT2D eigenvalue weighted by Gasteiger charge is 2.48. The van der Waals surface area contributed by atoms with Crippen molar-refractivity contribution < 1.29 is 33.5 Å². The van der Waals surface area contributed by atoms with Gasteiger partial charge in [-0.2, -0.15) is 0 Å². The number of nitrogens with one attached hydrogen (secondary N) is 3. The summed E-state index contributed by atoms with van der Waals surface area (Å²) in [6, 6.07) is -4.57. The Morgan fingerprint density at radius 3 is 1.93 bits per heavy atom. The van der Waals surface area contributed by atoms with Crippen LogP contribution in [0.3, 0.4) is 0 Å². The van der Waals surface area contributed by atoms with Crippen LogP contribution in [-0.2, 0) is 28.7 Å². The summed E-state index contributed by atoms with van der Waals surface area (Å²) < 4.78 is 5.49. The molecule has 2 aliphatic carbocycles. The molecule has 1 heterocycles. The molecule has 0 spiro atoms.